The van der Waals surface area contributed by atoms with Gasteiger partial charge in [-0.25, -0.2) is 4.39 Å². The van der Waals surface area contributed by atoms with E-state index >= 15 is 0 Å². The predicted octanol–water partition coefficient (Wildman–Crippen LogP) is 5.43. The molecule has 0 aliphatic heterocycles. The van der Waals surface area contributed by atoms with Gasteiger partial charge >= 0.3 is 0 Å². The summed E-state index contributed by atoms with van der Waals surface area (Å²) >= 11 is 9.18. The standard InChI is InChI=1S/C14H11BrClFO/c1-9-2-3-11(15)7-14(9)18-13-5-4-12(17)6-10(13)8-16/h2-7H,8H2,1H3. The zero-order chi connectivity index (χ0) is 13.1. The average molecular weight is 330 g/mol. The molecule has 1 nitrogen and oxygen atoms in total. The Morgan fingerprint density at radius 1 is 1.17 bits per heavy atom. The van der Waals surface area contributed by atoms with Crippen molar-refractivity contribution in [2.45, 2.75) is 12.8 Å². The molecule has 2 aromatic rings. The van der Waals surface area contributed by atoms with Crippen LogP contribution in [-0.2, 0) is 5.88 Å². The Morgan fingerprint density at radius 2 is 1.94 bits per heavy atom. The summed E-state index contributed by atoms with van der Waals surface area (Å²) in [4.78, 5) is 0. The predicted molar refractivity (Wildman–Crippen MR) is 74.9 cm³/mol. The highest BCUT2D eigenvalue weighted by Crippen LogP contribution is 2.31. The van der Waals surface area contributed by atoms with Gasteiger partial charge in [0.25, 0.3) is 0 Å². The number of aryl methyl sites for hydroxylation is 1. The molecule has 0 saturated carbocycles. The van der Waals surface area contributed by atoms with Crippen molar-refractivity contribution in [3.63, 3.8) is 0 Å². The van der Waals surface area contributed by atoms with Crippen molar-refractivity contribution in [2.75, 3.05) is 0 Å². The van der Waals surface area contributed by atoms with Crippen LogP contribution in [0.3, 0.4) is 0 Å². The van der Waals surface area contributed by atoms with E-state index in [0.29, 0.717) is 11.3 Å². The van der Waals surface area contributed by atoms with Gasteiger partial charge in [0.15, 0.2) is 0 Å². The van der Waals surface area contributed by atoms with Crippen LogP contribution in [0, 0.1) is 12.7 Å². The van der Waals surface area contributed by atoms with Gasteiger partial charge in [0.05, 0.1) is 5.88 Å². The molecule has 0 amide bonds. The maximum atomic E-state index is 13.1. The fourth-order valence-corrected chi connectivity index (χ4v) is 2.10. The van der Waals surface area contributed by atoms with Crippen molar-refractivity contribution >= 4 is 27.5 Å². The molecular weight excluding hydrogens is 319 g/mol. The van der Waals surface area contributed by atoms with Crippen LogP contribution < -0.4 is 4.74 Å². The first-order valence-corrected chi connectivity index (χ1v) is 6.71. The highest BCUT2D eigenvalue weighted by molar-refractivity contribution is 9.10. The van der Waals surface area contributed by atoms with Crippen molar-refractivity contribution in [1.29, 1.82) is 0 Å². The molecule has 94 valence electrons. The summed E-state index contributed by atoms with van der Waals surface area (Å²) in [7, 11) is 0. The second-order valence-corrected chi connectivity index (χ2v) is 5.08. The lowest BCUT2D eigenvalue weighted by molar-refractivity contribution is 0.472. The smallest absolute Gasteiger partial charge is 0.132 e. The Kier molecular flexibility index (Phi) is 4.25. The van der Waals surface area contributed by atoms with Crippen LogP contribution >= 0.6 is 27.5 Å². The van der Waals surface area contributed by atoms with Gasteiger partial charge in [-0.15, -0.1) is 11.6 Å². The van der Waals surface area contributed by atoms with Crippen LogP contribution in [0.4, 0.5) is 4.39 Å². The number of halogens is 3. The van der Waals surface area contributed by atoms with Crippen LogP contribution in [0.25, 0.3) is 0 Å². The molecule has 0 aliphatic rings. The normalized spacial score (nSPS) is 10.4. The first-order valence-electron chi connectivity index (χ1n) is 5.38. The third kappa shape index (κ3) is 3.03. The summed E-state index contributed by atoms with van der Waals surface area (Å²) in [6, 6.07) is 10.1. The Labute approximate surface area is 119 Å². The number of hydrogen-bond acceptors (Lipinski definition) is 1. The highest BCUT2D eigenvalue weighted by Gasteiger charge is 2.08. The number of alkyl halides is 1. The number of rotatable bonds is 3. The summed E-state index contributed by atoms with van der Waals surface area (Å²) in [6.07, 6.45) is 0. The van der Waals surface area contributed by atoms with E-state index in [1.165, 1.54) is 12.1 Å². The van der Waals surface area contributed by atoms with Crippen LogP contribution in [0.15, 0.2) is 40.9 Å². The van der Waals surface area contributed by atoms with Gasteiger partial charge in [0, 0.05) is 10.0 Å². The highest BCUT2D eigenvalue weighted by atomic mass is 79.9. The van der Waals surface area contributed by atoms with Crippen LogP contribution in [0.2, 0.25) is 0 Å². The molecule has 0 radical (unpaired) electrons. The lowest BCUT2D eigenvalue weighted by Gasteiger charge is -2.12. The number of benzene rings is 2. The largest absolute Gasteiger partial charge is 0.457 e. The molecule has 4 heteroatoms. The maximum absolute atomic E-state index is 13.1. The van der Waals surface area contributed by atoms with Crippen LogP contribution in [0.1, 0.15) is 11.1 Å². The Bertz CT molecular complexity index is 572. The van der Waals surface area contributed by atoms with Gasteiger partial charge in [-0.2, -0.15) is 0 Å². The Hall–Kier alpha value is -1.06. The van der Waals surface area contributed by atoms with Crippen LogP contribution in [-0.4, -0.2) is 0 Å². The molecule has 0 aromatic heterocycles. The SMILES string of the molecule is Cc1ccc(Br)cc1Oc1ccc(F)cc1CCl. The van der Waals surface area contributed by atoms with Crippen LogP contribution in [0.5, 0.6) is 11.5 Å². The molecule has 0 atom stereocenters. The second kappa shape index (κ2) is 5.72. The minimum Gasteiger partial charge on any atom is -0.457 e. The van der Waals surface area contributed by atoms with Crippen molar-refractivity contribution in [3.8, 4) is 11.5 Å². The first kappa shape index (κ1) is 13.4. The zero-order valence-electron chi connectivity index (χ0n) is 9.71. The van der Waals surface area contributed by atoms with Gasteiger partial charge < -0.3 is 4.74 Å². The van der Waals surface area contributed by atoms with E-state index in [4.69, 9.17) is 16.3 Å². The first-order chi connectivity index (χ1) is 8.60. The van der Waals surface area contributed by atoms with E-state index in [9.17, 15) is 4.39 Å². The van der Waals surface area contributed by atoms with Gasteiger partial charge in [-0.05, 0) is 42.8 Å². The molecule has 0 aliphatic carbocycles. The van der Waals surface area contributed by atoms with Crippen molar-refractivity contribution in [1.82, 2.24) is 0 Å². The lowest BCUT2D eigenvalue weighted by atomic mass is 10.2. The van der Waals surface area contributed by atoms with Crippen molar-refractivity contribution < 1.29 is 9.13 Å². The molecular formula is C14H11BrClFO. The summed E-state index contributed by atoms with van der Waals surface area (Å²) in [5, 5.41) is 0. The van der Waals surface area contributed by atoms with Gasteiger partial charge in [0.2, 0.25) is 0 Å². The Morgan fingerprint density at radius 3 is 2.67 bits per heavy atom. The minimum absolute atomic E-state index is 0.208. The fourth-order valence-electron chi connectivity index (χ4n) is 1.55. The van der Waals surface area contributed by atoms with E-state index < -0.39 is 0 Å². The third-order valence-corrected chi connectivity index (χ3v) is 3.32. The summed E-state index contributed by atoms with van der Waals surface area (Å²) in [5.74, 6) is 1.19. The second-order valence-electron chi connectivity index (χ2n) is 3.90. The molecule has 0 bridgehead atoms. The van der Waals surface area contributed by atoms with Crippen molar-refractivity contribution in [2.24, 2.45) is 0 Å². The molecule has 0 spiro atoms. The summed E-state index contributed by atoms with van der Waals surface area (Å²) < 4.78 is 19.8. The van der Waals surface area contributed by atoms with Crippen molar-refractivity contribution in [3.05, 3.63) is 57.8 Å². The Balaban J connectivity index is 2.36. The summed E-state index contributed by atoms with van der Waals surface area (Å²) in [6.45, 7) is 1.95. The average Bonchev–Trinajstić information content (AvgIpc) is 2.36. The molecule has 0 N–H and O–H groups in total. The molecule has 0 unspecified atom stereocenters. The quantitative estimate of drug-likeness (QED) is 0.682. The molecule has 0 fully saturated rings. The maximum Gasteiger partial charge on any atom is 0.132 e. The van der Waals surface area contributed by atoms with E-state index in [2.05, 4.69) is 15.9 Å². The molecule has 2 aromatic carbocycles. The molecule has 0 heterocycles. The molecule has 2 rings (SSSR count). The van der Waals surface area contributed by atoms with E-state index in [0.717, 1.165) is 15.8 Å². The van der Waals surface area contributed by atoms with E-state index in [1.807, 2.05) is 25.1 Å². The topological polar surface area (TPSA) is 9.23 Å². The van der Waals surface area contributed by atoms with E-state index in [-0.39, 0.29) is 11.7 Å². The van der Waals surface area contributed by atoms with E-state index in [1.54, 1.807) is 6.07 Å². The molecule has 0 saturated heterocycles. The van der Waals surface area contributed by atoms with Gasteiger partial charge in [-0.1, -0.05) is 22.0 Å². The monoisotopic (exact) mass is 328 g/mol. The fraction of sp³-hybridized carbons (Fsp3) is 0.143. The third-order valence-electron chi connectivity index (χ3n) is 2.54. The minimum atomic E-state index is -0.316. The molecule has 18 heavy (non-hydrogen) atoms. The van der Waals surface area contributed by atoms with Gasteiger partial charge in [-0.3, -0.25) is 0 Å². The number of hydrogen-bond donors (Lipinski definition) is 0. The van der Waals surface area contributed by atoms with Gasteiger partial charge in [0.1, 0.15) is 17.3 Å². The zero-order valence-corrected chi connectivity index (χ0v) is 12.1. The number of ether oxygens (including phenoxy) is 1. The lowest BCUT2D eigenvalue weighted by Crippen LogP contribution is -1.92. The summed E-state index contributed by atoms with van der Waals surface area (Å²) in [5.41, 5.74) is 1.64.